The molecule has 222 valence electrons. The summed E-state index contributed by atoms with van der Waals surface area (Å²) < 4.78 is 4.73. The van der Waals surface area contributed by atoms with Crippen LogP contribution >= 0.6 is 0 Å². The van der Waals surface area contributed by atoms with Gasteiger partial charge >= 0.3 is 0 Å². The van der Waals surface area contributed by atoms with Gasteiger partial charge in [0.25, 0.3) is 0 Å². The zero-order valence-electron chi connectivity index (χ0n) is 26.1. The van der Waals surface area contributed by atoms with Gasteiger partial charge in [0, 0.05) is 43.7 Å². The van der Waals surface area contributed by atoms with Crippen LogP contribution in [0.4, 0.5) is 0 Å². The summed E-state index contributed by atoms with van der Waals surface area (Å²) in [6, 6.07) is 52.2. The summed E-state index contributed by atoms with van der Waals surface area (Å²) >= 11 is 0. The SMILES string of the molecule is C[Si]1(C)c2ccccc2-c2c(-c3ccccc3)nc(-n3c4ccccc4c4c3ccc3c5ccccc5n(-c5ccccc5)c34)nc21. The highest BCUT2D eigenvalue weighted by Gasteiger charge is 2.41. The Labute approximate surface area is 273 Å². The quantitative estimate of drug-likeness (QED) is 0.185. The Bertz CT molecular complexity index is 2700. The molecule has 0 spiro atoms. The van der Waals surface area contributed by atoms with Crippen molar-refractivity contribution in [2.75, 3.05) is 0 Å². The van der Waals surface area contributed by atoms with Crippen molar-refractivity contribution in [3.63, 3.8) is 0 Å². The van der Waals surface area contributed by atoms with Crippen molar-refractivity contribution in [2.24, 2.45) is 0 Å². The van der Waals surface area contributed by atoms with Crippen molar-refractivity contribution < 1.29 is 0 Å². The Hall–Kier alpha value is -5.78. The van der Waals surface area contributed by atoms with Crippen LogP contribution in [-0.4, -0.2) is 27.2 Å². The molecule has 0 saturated heterocycles. The number of hydrogen-bond donors (Lipinski definition) is 0. The maximum absolute atomic E-state index is 5.56. The highest BCUT2D eigenvalue weighted by atomic mass is 28.3. The normalized spacial score (nSPS) is 13.5. The van der Waals surface area contributed by atoms with Crippen molar-refractivity contribution in [2.45, 2.75) is 13.1 Å². The molecule has 0 radical (unpaired) electrons. The van der Waals surface area contributed by atoms with E-state index < -0.39 is 8.07 Å². The van der Waals surface area contributed by atoms with Gasteiger partial charge in [0.15, 0.2) is 0 Å². The van der Waals surface area contributed by atoms with E-state index in [2.05, 4.69) is 168 Å². The minimum absolute atomic E-state index is 0.726. The van der Waals surface area contributed by atoms with Crippen molar-refractivity contribution in [3.05, 3.63) is 146 Å². The van der Waals surface area contributed by atoms with Gasteiger partial charge in [0.05, 0.1) is 27.8 Å². The first-order valence-electron chi connectivity index (χ1n) is 16.2. The molecule has 6 aromatic carbocycles. The number of aromatic nitrogens is 4. The first-order valence-corrected chi connectivity index (χ1v) is 19.2. The fraction of sp³-hybridized carbons (Fsp3) is 0.0476. The predicted octanol–water partition coefficient (Wildman–Crippen LogP) is 9.14. The number of nitrogens with zero attached hydrogens (tertiary/aromatic N) is 4. The number of rotatable bonds is 3. The predicted molar refractivity (Wildman–Crippen MR) is 198 cm³/mol. The standard InChI is InChI=1S/C42H30N4Si/c1-47(2)36-24-14-11-21-32(36)38-39(27-15-5-3-6-16-27)43-42(44-41(38)47)46-34-23-13-10-20-31(34)37-35(46)26-25-30-29-19-9-12-22-33(29)45(40(30)37)28-17-7-4-8-18-28/h3-26H,1-2H3. The number of hydrogen-bond acceptors (Lipinski definition) is 2. The maximum Gasteiger partial charge on any atom is 0.235 e. The van der Waals surface area contributed by atoms with Gasteiger partial charge < -0.3 is 4.57 Å². The van der Waals surface area contributed by atoms with E-state index in [0.717, 1.165) is 33.9 Å². The largest absolute Gasteiger partial charge is 0.309 e. The molecule has 5 heteroatoms. The summed E-state index contributed by atoms with van der Waals surface area (Å²) in [4.78, 5) is 11.1. The van der Waals surface area contributed by atoms with Crippen LogP contribution < -0.4 is 10.5 Å². The lowest BCUT2D eigenvalue weighted by Gasteiger charge is -2.19. The summed E-state index contributed by atoms with van der Waals surface area (Å²) in [6.45, 7) is 4.86. The maximum atomic E-state index is 5.56. The zero-order valence-corrected chi connectivity index (χ0v) is 27.1. The summed E-state index contributed by atoms with van der Waals surface area (Å²) in [5, 5.41) is 7.52. The molecule has 0 bridgehead atoms. The van der Waals surface area contributed by atoms with E-state index in [9.17, 15) is 0 Å². The molecular formula is C42H30N4Si. The van der Waals surface area contributed by atoms with E-state index in [-0.39, 0.29) is 0 Å². The van der Waals surface area contributed by atoms with Crippen LogP contribution in [0, 0.1) is 0 Å². The van der Waals surface area contributed by atoms with Gasteiger partial charge in [-0.1, -0.05) is 128 Å². The zero-order chi connectivity index (χ0) is 31.3. The summed E-state index contributed by atoms with van der Waals surface area (Å²) in [5.41, 5.74) is 10.3. The van der Waals surface area contributed by atoms with Crippen molar-refractivity contribution in [1.29, 1.82) is 0 Å². The molecule has 0 N–H and O–H groups in total. The number of para-hydroxylation sites is 3. The molecule has 47 heavy (non-hydrogen) atoms. The highest BCUT2D eigenvalue weighted by Crippen LogP contribution is 2.42. The van der Waals surface area contributed by atoms with Crippen LogP contribution in [0.25, 0.3) is 77.6 Å². The summed E-state index contributed by atoms with van der Waals surface area (Å²) in [6.07, 6.45) is 0. The van der Waals surface area contributed by atoms with Crippen molar-refractivity contribution >= 4 is 62.2 Å². The summed E-state index contributed by atoms with van der Waals surface area (Å²) in [5.74, 6) is 0.726. The molecule has 4 heterocycles. The van der Waals surface area contributed by atoms with Gasteiger partial charge in [0.1, 0.15) is 8.07 Å². The molecule has 0 atom stereocenters. The van der Waals surface area contributed by atoms with Crippen LogP contribution in [0.1, 0.15) is 0 Å². The van der Waals surface area contributed by atoms with Crippen LogP contribution in [-0.2, 0) is 0 Å². The van der Waals surface area contributed by atoms with Gasteiger partial charge in [0.2, 0.25) is 5.95 Å². The molecule has 9 aromatic rings. The molecule has 10 rings (SSSR count). The summed E-state index contributed by atoms with van der Waals surface area (Å²) in [7, 11) is -2.11. The second-order valence-corrected chi connectivity index (χ2v) is 17.3. The average Bonchev–Trinajstić information content (AvgIpc) is 3.72. The van der Waals surface area contributed by atoms with E-state index in [0.29, 0.717) is 0 Å². The molecule has 4 nitrogen and oxygen atoms in total. The topological polar surface area (TPSA) is 35.6 Å². The van der Waals surface area contributed by atoms with Crippen molar-refractivity contribution in [1.82, 2.24) is 19.1 Å². The Balaban J connectivity index is 1.37. The Morgan fingerprint density at radius 3 is 1.94 bits per heavy atom. The third-order valence-corrected chi connectivity index (χ3v) is 13.4. The molecule has 1 aliphatic heterocycles. The first kappa shape index (κ1) is 26.4. The molecular weight excluding hydrogens is 589 g/mol. The minimum Gasteiger partial charge on any atom is -0.309 e. The van der Waals surface area contributed by atoms with E-state index in [1.165, 1.54) is 54.2 Å². The highest BCUT2D eigenvalue weighted by molar-refractivity contribution is 7.03. The fourth-order valence-corrected chi connectivity index (χ4v) is 10.9. The molecule has 0 amide bonds. The Kier molecular flexibility index (Phi) is 5.41. The Morgan fingerprint density at radius 2 is 1.15 bits per heavy atom. The van der Waals surface area contributed by atoms with Crippen LogP contribution in [0.15, 0.2) is 146 Å². The van der Waals surface area contributed by atoms with Gasteiger partial charge in [-0.2, -0.15) is 0 Å². The second-order valence-electron chi connectivity index (χ2n) is 13.0. The minimum atomic E-state index is -2.11. The first-order chi connectivity index (χ1) is 23.1. The lowest BCUT2D eigenvalue weighted by molar-refractivity contribution is 1.01. The molecule has 0 unspecified atom stereocenters. The molecule has 0 saturated carbocycles. The van der Waals surface area contributed by atoms with Gasteiger partial charge in [-0.05, 0) is 41.1 Å². The lowest BCUT2D eigenvalue weighted by Crippen LogP contribution is -2.51. The third kappa shape index (κ3) is 3.57. The average molecular weight is 619 g/mol. The van der Waals surface area contributed by atoms with Crippen LogP contribution in [0.5, 0.6) is 0 Å². The Morgan fingerprint density at radius 1 is 0.511 bits per heavy atom. The smallest absolute Gasteiger partial charge is 0.235 e. The number of fused-ring (bicyclic) bond motifs is 10. The van der Waals surface area contributed by atoms with Crippen LogP contribution in [0.3, 0.4) is 0 Å². The molecule has 0 fully saturated rings. The van der Waals surface area contributed by atoms with Gasteiger partial charge in [-0.3, -0.25) is 4.57 Å². The fourth-order valence-electron chi connectivity index (χ4n) is 8.00. The van der Waals surface area contributed by atoms with Gasteiger partial charge in [-0.15, -0.1) is 0 Å². The molecule has 1 aliphatic rings. The molecule has 0 aliphatic carbocycles. The monoisotopic (exact) mass is 618 g/mol. The molecule has 3 aromatic heterocycles. The van der Waals surface area contributed by atoms with E-state index in [4.69, 9.17) is 9.97 Å². The van der Waals surface area contributed by atoms with E-state index >= 15 is 0 Å². The van der Waals surface area contributed by atoms with Crippen LogP contribution in [0.2, 0.25) is 13.1 Å². The van der Waals surface area contributed by atoms with Gasteiger partial charge in [-0.25, -0.2) is 9.97 Å². The number of benzene rings is 6. The van der Waals surface area contributed by atoms with E-state index in [1.807, 2.05) is 0 Å². The van der Waals surface area contributed by atoms with Crippen molar-refractivity contribution in [3.8, 4) is 34.0 Å². The second kappa shape index (κ2) is 9.61. The van der Waals surface area contributed by atoms with E-state index in [1.54, 1.807) is 0 Å². The third-order valence-electron chi connectivity index (χ3n) is 10.1. The lowest BCUT2D eigenvalue weighted by atomic mass is 10.0.